The van der Waals surface area contributed by atoms with Gasteiger partial charge in [0, 0.05) is 17.5 Å². The predicted octanol–water partition coefficient (Wildman–Crippen LogP) is 6.43. The molecule has 0 heterocycles. The molecule has 0 unspecified atom stereocenters. The quantitative estimate of drug-likeness (QED) is 0.333. The van der Waals surface area contributed by atoms with Crippen molar-refractivity contribution in [2.45, 2.75) is 25.9 Å². The molecule has 168 valence electrons. The van der Waals surface area contributed by atoms with Crippen LogP contribution in [0.4, 0.5) is 0 Å². The zero-order chi connectivity index (χ0) is 23.4. The number of amides is 1. The van der Waals surface area contributed by atoms with E-state index < -0.39 is 5.54 Å². The lowest BCUT2D eigenvalue weighted by molar-refractivity contribution is 0.0516. The Bertz CT molecular complexity index is 1250. The van der Waals surface area contributed by atoms with Crippen LogP contribution in [-0.4, -0.2) is 25.0 Å². The molecule has 0 saturated carbocycles. The van der Waals surface area contributed by atoms with Gasteiger partial charge in [0.25, 0.3) is 5.91 Å². The van der Waals surface area contributed by atoms with E-state index in [1.807, 2.05) is 83.8 Å². The van der Waals surface area contributed by atoms with Crippen molar-refractivity contribution in [3.8, 4) is 11.5 Å². The maximum atomic E-state index is 14.2. The van der Waals surface area contributed by atoms with Gasteiger partial charge in [-0.3, -0.25) is 4.79 Å². The number of rotatable bonds is 7. The van der Waals surface area contributed by atoms with Crippen LogP contribution in [0.1, 0.15) is 35.3 Å². The van der Waals surface area contributed by atoms with Crippen LogP contribution in [-0.2, 0) is 12.1 Å². The second-order valence-electron chi connectivity index (χ2n) is 8.53. The third-order valence-corrected chi connectivity index (χ3v) is 6.23. The molecule has 33 heavy (non-hydrogen) atoms. The summed E-state index contributed by atoms with van der Waals surface area (Å²) in [4.78, 5) is 16.1. The van der Waals surface area contributed by atoms with Crippen LogP contribution in [0.3, 0.4) is 0 Å². The molecule has 4 aromatic carbocycles. The van der Waals surface area contributed by atoms with Gasteiger partial charge in [0.05, 0.1) is 19.8 Å². The zero-order valence-electron chi connectivity index (χ0n) is 19.5. The fourth-order valence-electron chi connectivity index (χ4n) is 4.22. The average molecular weight is 440 g/mol. The molecular weight excluding hydrogens is 410 g/mol. The summed E-state index contributed by atoms with van der Waals surface area (Å²) >= 11 is 0. The smallest absolute Gasteiger partial charge is 0.255 e. The first-order valence-electron chi connectivity index (χ1n) is 11.0. The van der Waals surface area contributed by atoms with Crippen LogP contribution >= 0.6 is 0 Å². The molecule has 0 radical (unpaired) electrons. The number of hydrogen-bond acceptors (Lipinski definition) is 3. The highest BCUT2D eigenvalue weighted by Crippen LogP contribution is 2.34. The topological polar surface area (TPSA) is 38.8 Å². The summed E-state index contributed by atoms with van der Waals surface area (Å²) in [7, 11) is 3.30. The van der Waals surface area contributed by atoms with E-state index in [0.29, 0.717) is 12.1 Å². The van der Waals surface area contributed by atoms with E-state index in [2.05, 4.69) is 26.0 Å². The van der Waals surface area contributed by atoms with Gasteiger partial charge in [0.1, 0.15) is 11.5 Å². The summed E-state index contributed by atoms with van der Waals surface area (Å²) in [5.41, 5.74) is 2.22. The van der Waals surface area contributed by atoms with E-state index in [9.17, 15) is 4.79 Å². The van der Waals surface area contributed by atoms with Gasteiger partial charge >= 0.3 is 0 Å². The van der Waals surface area contributed by atoms with Crippen molar-refractivity contribution in [3.05, 3.63) is 108 Å². The molecule has 0 bridgehead atoms. The molecular formula is C29H29NO3. The van der Waals surface area contributed by atoms with Crippen LogP contribution in [0, 0.1) is 0 Å². The molecule has 0 atom stereocenters. The molecule has 4 heteroatoms. The minimum absolute atomic E-state index is 0.0291. The largest absolute Gasteiger partial charge is 0.497 e. The van der Waals surface area contributed by atoms with Crippen LogP contribution < -0.4 is 9.47 Å². The van der Waals surface area contributed by atoms with Crippen molar-refractivity contribution in [1.82, 2.24) is 4.90 Å². The first-order chi connectivity index (χ1) is 16.0. The van der Waals surface area contributed by atoms with Crippen molar-refractivity contribution in [2.75, 3.05) is 14.2 Å². The average Bonchev–Trinajstić information content (AvgIpc) is 2.87. The minimum Gasteiger partial charge on any atom is -0.497 e. The van der Waals surface area contributed by atoms with Crippen LogP contribution in [0.25, 0.3) is 10.8 Å². The highest BCUT2D eigenvalue weighted by Gasteiger charge is 2.34. The summed E-state index contributed by atoms with van der Waals surface area (Å²) in [6, 6.07) is 29.6. The van der Waals surface area contributed by atoms with Gasteiger partial charge < -0.3 is 14.4 Å². The van der Waals surface area contributed by atoms with E-state index >= 15 is 0 Å². The van der Waals surface area contributed by atoms with Crippen molar-refractivity contribution in [3.63, 3.8) is 0 Å². The Morgan fingerprint density at radius 1 is 0.758 bits per heavy atom. The van der Waals surface area contributed by atoms with E-state index in [-0.39, 0.29) is 5.91 Å². The van der Waals surface area contributed by atoms with Gasteiger partial charge in [-0.05, 0) is 54.6 Å². The Kier molecular flexibility index (Phi) is 6.36. The molecule has 0 N–H and O–H groups in total. The Labute approximate surface area is 195 Å². The zero-order valence-corrected chi connectivity index (χ0v) is 19.5. The maximum absolute atomic E-state index is 14.2. The monoisotopic (exact) mass is 439 g/mol. The fraction of sp³-hybridized carbons (Fsp3) is 0.207. The van der Waals surface area contributed by atoms with Crippen LogP contribution in [0.15, 0.2) is 91.0 Å². The number of ether oxygens (including phenoxy) is 2. The van der Waals surface area contributed by atoms with E-state index in [1.165, 1.54) is 0 Å². The first kappa shape index (κ1) is 22.4. The molecule has 0 aliphatic rings. The Morgan fingerprint density at radius 3 is 2.03 bits per heavy atom. The SMILES string of the molecule is COc1ccc(CN(C(=O)c2ccc(OC)c3ccccc23)C(C)(C)c2ccccc2)cc1. The van der Waals surface area contributed by atoms with Gasteiger partial charge in [-0.2, -0.15) is 0 Å². The molecule has 0 aliphatic carbocycles. The molecule has 4 aromatic rings. The number of nitrogens with zero attached hydrogens (tertiary/aromatic N) is 1. The molecule has 0 saturated heterocycles. The van der Waals surface area contributed by atoms with Gasteiger partial charge in [0.2, 0.25) is 0 Å². The number of carbonyl (C=O) groups is 1. The second kappa shape index (κ2) is 9.37. The van der Waals surface area contributed by atoms with Gasteiger partial charge in [-0.25, -0.2) is 0 Å². The summed E-state index contributed by atoms with van der Waals surface area (Å²) in [6.45, 7) is 4.65. The minimum atomic E-state index is -0.542. The number of carbonyl (C=O) groups excluding carboxylic acids is 1. The normalized spacial score (nSPS) is 11.3. The maximum Gasteiger partial charge on any atom is 0.255 e. The molecule has 4 nitrogen and oxygen atoms in total. The van der Waals surface area contributed by atoms with Crippen molar-refractivity contribution < 1.29 is 14.3 Å². The lowest BCUT2D eigenvalue weighted by Gasteiger charge is -2.39. The van der Waals surface area contributed by atoms with Gasteiger partial charge in [-0.1, -0.05) is 66.7 Å². The molecule has 0 aromatic heterocycles. The van der Waals surface area contributed by atoms with E-state index in [4.69, 9.17) is 9.47 Å². The molecule has 0 fully saturated rings. The molecule has 1 amide bonds. The highest BCUT2D eigenvalue weighted by molar-refractivity contribution is 6.08. The Balaban J connectivity index is 1.82. The number of fused-ring (bicyclic) bond motifs is 1. The van der Waals surface area contributed by atoms with Crippen molar-refractivity contribution in [2.24, 2.45) is 0 Å². The number of benzene rings is 4. The summed E-state index contributed by atoms with van der Waals surface area (Å²) < 4.78 is 10.8. The van der Waals surface area contributed by atoms with Crippen molar-refractivity contribution in [1.29, 1.82) is 0 Å². The standard InChI is InChI=1S/C29H29NO3/c1-29(2,22-10-6-5-7-11-22)30(20-21-14-16-23(32-3)17-15-21)28(31)26-18-19-27(33-4)25-13-9-8-12-24(25)26/h5-19H,20H2,1-4H3. The molecule has 0 aliphatic heterocycles. The highest BCUT2D eigenvalue weighted by atomic mass is 16.5. The van der Waals surface area contributed by atoms with Crippen LogP contribution in [0.2, 0.25) is 0 Å². The first-order valence-corrected chi connectivity index (χ1v) is 11.0. The van der Waals surface area contributed by atoms with Crippen LogP contribution in [0.5, 0.6) is 11.5 Å². The summed E-state index contributed by atoms with van der Waals surface area (Å²) in [6.07, 6.45) is 0. The Hall–Kier alpha value is -3.79. The van der Waals surface area contributed by atoms with Gasteiger partial charge in [-0.15, -0.1) is 0 Å². The predicted molar refractivity (Wildman–Crippen MR) is 133 cm³/mol. The third kappa shape index (κ3) is 4.42. The molecule has 0 spiro atoms. The van der Waals surface area contributed by atoms with Crippen molar-refractivity contribution >= 4 is 16.7 Å². The molecule has 4 rings (SSSR count). The summed E-state index contributed by atoms with van der Waals surface area (Å²) in [5, 5.41) is 1.80. The fourth-order valence-corrected chi connectivity index (χ4v) is 4.22. The lowest BCUT2D eigenvalue weighted by atomic mass is 9.90. The summed E-state index contributed by atoms with van der Waals surface area (Å²) in [5.74, 6) is 1.52. The number of hydrogen-bond donors (Lipinski definition) is 0. The number of methoxy groups -OCH3 is 2. The van der Waals surface area contributed by atoms with E-state index in [1.54, 1.807) is 14.2 Å². The second-order valence-corrected chi connectivity index (χ2v) is 8.53. The van der Waals surface area contributed by atoms with Gasteiger partial charge in [0.15, 0.2) is 0 Å². The van der Waals surface area contributed by atoms with E-state index in [0.717, 1.165) is 33.4 Å². The Morgan fingerprint density at radius 2 is 1.39 bits per heavy atom. The third-order valence-electron chi connectivity index (χ3n) is 6.23. The lowest BCUT2D eigenvalue weighted by Crippen LogP contribution is -2.45.